The van der Waals surface area contributed by atoms with Crippen LogP contribution in [0.5, 0.6) is 11.5 Å². The van der Waals surface area contributed by atoms with Crippen LogP contribution in [0.1, 0.15) is 15.9 Å². The summed E-state index contributed by atoms with van der Waals surface area (Å²) in [5, 5.41) is 6.95. The number of nitrogens with one attached hydrogen (secondary N) is 1. The minimum absolute atomic E-state index is 0.147. The van der Waals surface area contributed by atoms with Crippen molar-refractivity contribution < 1.29 is 23.8 Å². The summed E-state index contributed by atoms with van der Waals surface area (Å²) < 4.78 is 16.9. The first-order valence-electron chi connectivity index (χ1n) is 8.99. The van der Waals surface area contributed by atoms with Crippen molar-refractivity contribution in [1.82, 2.24) is 9.78 Å². The SMILES string of the molecule is COC(=O)c1cc(OC)c(OC)cc1NC(=O)/C=C/c1cnn(-c2ccccc2)c1. The second-order valence-electron chi connectivity index (χ2n) is 6.12. The van der Waals surface area contributed by atoms with E-state index in [9.17, 15) is 9.59 Å². The normalized spacial score (nSPS) is 10.6. The summed E-state index contributed by atoms with van der Waals surface area (Å²) in [4.78, 5) is 24.5. The van der Waals surface area contributed by atoms with Crippen molar-refractivity contribution in [3.63, 3.8) is 0 Å². The molecule has 0 unspecified atom stereocenters. The van der Waals surface area contributed by atoms with Crippen molar-refractivity contribution in [2.75, 3.05) is 26.6 Å². The predicted molar refractivity (Wildman–Crippen MR) is 112 cm³/mol. The van der Waals surface area contributed by atoms with Crippen molar-refractivity contribution in [2.24, 2.45) is 0 Å². The van der Waals surface area contributed by atoms with Crippen LogP contribution < -0.4 is 14.8 Å². The zero-order chi connectivity index (χ0) is 21.5. The molecule has 0 aliphatic heterocycles. The van der Waals surface area contributed by atoms with Gasteiger partial charge < -0.3 is 19.5 Å². The van der Waals surface area contributed by atoms with E-state index in [-0.39, 0.29) is 11.3 Å². The van der Waals surface area contributed by atoms with Crippen LogP contribution in [0.4, 0.5) is 5.69 Å². The fourth-order valence-electron chi connectivity index (χ4n) is 2.75. The van der Waals surface area contributed by atoms with Gasteiger partial charge in [0.15, 0.2) is 11.5 Å². The fraction of sp³-hybridized carbons (Fsp3) is 0.136. The van der Waals surface area contributed by atoms with Crippen LogP contribution in [0.15, 0.2) is 60.9 Å². The second kappa shape index (κ2) is 9.42. The van der Waals surface area contributed by atoms with Crippen LogP contribution >= 0.6 is 0 Å². The van der Waals surface area contributed by atoms with Gasteiger partial charge in [-0.2, -0.15) is 5.10 Å². The Bertz CT molecular complexity index is 1070. The van der Waals surface area contributed by atoms with Gasteiger partial charge in [0.1, 0.15) is 0 Å². The Hall–Kier alpha value is -4.07. The van der Waals surface area contributed by atoms with Gasteiger partial charge in [0.2, 0.25) is 5.91 Å². The highest BCUT2D eigenvalue weighted by atomic mass is 16.5. The molecule has 0 atom stereocenters. The topological polar surface area (TPSA) is 91.7 Å². The molecule has 0 aliphatic carbocycles. The smallest absolute Gasteiger partial charge is 0.340 e. The van der Waals surface area contributed by atoms with Gasteiger partial charge in [-0.3, -0.25) is 4.79 Å². The molecular weight excluding hydrogens is 386 g/mol. The molecule has 0 bridgehead atoms. The Morgan fingerprint density at radius 2 is 1.73 bits per heavy atom. The van der Waals surface area contributed by atoms with E-state index in [2.05, 4.69) is 10.4 Å². The van der Waals surface area contributed by atoms with Crippen LogP contribution in [0.25, 0.3) is 11.8 Å². The lowest BCUT2D eigenvalue weighted by molar-refractivity contribution is -0.111. The number of hydrogen-bond acceptors (Lipinski definition) is 6. The van der Waals surface area contributed by atoms with E-state index in [1.807, 2.05) is 30.3 Å². The summed E-state index contributed by atoms with van der Waals surface area (Å²) in [5.74, 6) is -0.326. The lowest BCUT2D eigenvalue weighted by Gasteiger charge is -2.14. The summed E-state index contributed by atoms with van der Waals surface area (Å²) in [5.41, 5.74) is 2.05. The van der Waals surface area contributed by atoms with Crippen LogP contribution in [0.3, 0.4) is 0 Å². The van der Waals surface area contributed by atoms with E-state index >= 15 is 0 Å². The molecule has 1 heterocycles. The number of para-hydroxylation sites is 1. The van der Waals surface area contributed by atoms with Gasteiger partial charge in [0, 0.05) is 30.0 Å². The van der Waals surface area contributed by atoms with Gasteiger partial charge in [0.05, 0.1) is 44.5 Å². The molecule has 3 aromatic rings. The van der Waals surface area contributed by atoms with E-state index in [1.54, 1.807) is 23.2 Å². The molecule has 0 aliphatic rings. The first-order chi connectivity index (χ1) is 14.5. The highest BCUT2D eigenvalue weighted by molar-refractivity contribution is 6.06. The van der Waals surface area contributed by atoms with E-state index < -0.39 is 11.9 Å². The molecule has 0 fully saturated rings. The van der Waals surface area contributed by atoms with Crippen molar-refractivity contribution in [2.45, 2.75) is 0 Å². The molecule has 0 saturated heterocycles. The van der Waals surface area contributed by atoms with E-state index in [0.29, 0.717) is 11.5 Å². The van der Waals surface area contributed by atoms with Crippen molar-refractivity contribution >= 4 is 23.6 Å². The summed E-state index contributed by atoms with van der Waals surface area (Å²) in [6.07, 6.45) is 6.42. The summed E-state index contributed by atoms with van der Waals surface area (Å²) in [6, 6.07) is 12.6. The molecule has 1 amide bonds. The van der Waals surface area contributed by atoms with E-state index in [0.717, 1.165) is 11.3 Å². The second-order valence-corrected chi connectivity index (χ2v) is 6.12. The molecule has 154 valence electrons. The molecule has 3 rings (SSSR count). The zero-order valence-corrected chi connectivity index (χ0v) is 16.8. The zero-order valence-electron chi connectivity index (χ0n) is 16.8. The average Bonchev–Trinajstić information content (AvgIpc) is 3.26. The Morgan fingerprint density at radius 1 is 1.03 bits per heavy atom. The average molecular weight is 407 g/mol. The van der Waals surface area contributed by atoms with Crippen LogP contribution in [-0.4, -0.2) is 43.0 Å². The molecule has 2 aromatic carbocycles. The van der Waals surface area contributed by atoms with Gasteiger partial charge >= 0.3 is 5.97 Å². The molecule has 30 heavy (non-hydrogen) atoms. The molecule has 1 aromatic heterocycles. The van der Waals surface area contributed by atoms with Crippen LogP contribution in [-0.2, 0) is 9.53 Å². The van der Waals surface area contributed by atoms with Gasteiger partial charge in [-0.15, -0.1) is 0 Å². The highest BCUT2D eigenvalue weighted by Crippen LogP contribution is 2.33. The molecular formula is C22H21N3O5. The maximum atomic E-state index is 12.4. The highest BCUT2D eigenvalue weighted by Gasteiger charge is 2.18. The molecule has 0 radical (unpaired) electrons. The lowest BCUT2D eigenvalue weighted by Crippen LogP contribution is -2.13. The number of benzene rings is 2. The number of anilines is 1. The summed E-state index contributed by atoms with van der Waals surface area (Å²) >= 11 is 0. The third-order valence-electron chi connectivity index (χ3n) is 4.24. The summed E-state index contributed by atoms with van der Waals surface area (Å²) in [6.45, 7) is 0. The van der Waals surface area contributed by atoms with Crippen LogP contribution in [0.2, 0.25) is 0 Å². The number of rotatable bonds is 7. The minimum Gasteiger partial charge on any atom is -0.493 e. The van der Waals surface area contributed by atoms with Crippen LogP contribution in [0, 0.1) is 0 Å². The van der Waals surface area contributed by atoms with Gasteiger partial charge in [0.25, 0.3) is 0 Å². The van der Waals surface area contributed by atoms with Gasteiger partial charge in [-0.25, -0.2) is 9.48 Å². The third-order valence-corrected chi connectivity index (χ3v) is 4.24. The number of carbonyl (C=O) groups excluding carboxylic acids is 2. The molecule has 8 heteroatoms. The monoisotopic (exact) mass is 407 g/mol. The molecule has 8 nitrogen and oxygen atoms in total. The molecule has 1 N–H and O–H groups in total. The number of hydrogen-bond donors (Lipinski definition) is 1. The number of aromatic nitrogens is 2. The van der Waals surface area contributed by atoms with Gasteiger partial charge in [-0.05, 0) is 18.2 Å². The van der Waals surface area contributed by atoms with E-state index in [4.69, 9.17) is 14.2 Å². The third kappa shape index (κ3) is 4.67. The van der Waals surface area contributed by atoms with E-state index in [1.165, 1.54) is 39.5 Å². The predicted octanol–water partition coefficient (Wildman–Crippen LogP) is 3.33. The van der Waals surface area contributed by atoms with Gasteiger partial charge in [-0.1, -0.05) is 18.2 Å². The van der Waals surface area contributed by atoms with Crippen molar-refractivity contribution in [3.8, 4) is 17.2 Å². The number of esters is 1. The number of ether oxygens (including phenoxy) is 3. The standard InChI is InChI=1S/C22H21N3O5/c1-28-19-11-17(22(27)30-3)18(12-20(19)29-2)24-21(26)10-9-15-13-23-25(14-15)16-7-5-4-6-8-16/h4-14H,1-3H3,(H,24,26)/b10-9+. The minimum atomic E-state index is -0.612. The van der Waals surface area contributed by atoms with Crippen molar-refractivity contribution in [1.29, 1.82) is 0 Å². The fourth-order valence-corrected chi connectivity index (χ4v) is 2.75. The Balaban J connectivity index is 1.79. The maximum absolute atomic E-state index is 12.4. The first kappa shape index (κ1) is 20.7. The largest absolute Gasteiger partial charge is 0.493 e. The number of nitrogens with zero attached hydrogens (tertiary/aromatic N) is 2. The quantitative estimate of drug-likeness (QED) is 0.477. The Morgan fingerprint density at radius 3 is 2.40 bits per heavy atom. The molecule has 0 spiro atoms. The first-order valence-corrected chi connectivity index (χ1v) is 8.99. The molecule has 0 saturated carbocycles. The summed E-state index contributed by atoms with van der Waals surface area (Å²) in [7, 11) is 4.18. The number of amides is 1. The lowest BCUT2D eigenvalue weighted by atomic mass is 10.1. The Kier molecular flexibility index (Phi) is 6.49. The maximum Gasteiger partial charge on any atom is 0.340 e. The number of carbonyl (C=O) groups is 2. The Labute approximate surface area is 173 Å². The van der Waals surface area contributed by atoms with Crippen molar-refractivity contribution in [3.05, 3.63) is 72.1 Å². The number of methoxy groups -OCH3 is 3.